The van der Waals surface area contributed by atoms with Crippen molar-refractivity contribution in [1.82, 2.24) is 19.8 Å². The van der Waals surface area contributed by atoms with Crippen LogP contribution in [0.15, 0.2) is 43.0 Å². The number of aryl methyl sites for hydroxylation is 1. The molecule has 2 heterocycles. The molecule has 138 valence electrons. The fourth-order valence-electron chi connectivity index (χ4n) is 2.98. The summed E-state index contributed by atoms with van der Waals surface area (Å²) >= 11 is 0. The topological polar surface area (TPSA) is 76.5 Å². The van der Waals surface area contributed by atoms with Gasteiger partial charge in [-0.1, -0.05) is 12.1 Å². The van der Waals surface area contributed by atoms with Crippen molar-refractivity contribution in [2.24, 2.45) is 0 Å². The number of benzene rings is 1. The minimum Gasteiger partial charge on any atom is -0.356 e. The highest BCUT2D eigenvalue weighted by molar-refractivity contribution is 5.86. The second-order valence-electron chi connectivity index (χ2n) is 6.18. The van der Waals surface area contributed by atoms with Crippen molar-refractivity contribution in [2.45, 2.75) is 25.1 Å². The Morgan fingerprint density at radius 2 is 2.15 bits per heavy atom. The number of nitrogens with one attached hydrogen (secondary N) is 1. The second kappa shape index (κ2) is 8.09. The summed E-state index contributed by atoms with van der Waals surface area (Å²) in [6.07, 6.45) is 5.18. The molecule has 0 bridgehead atoms. The van der Waals surface area contributed by atoms with E-state index in [1.54, 1.807) is 31.7 Å². The van der Waals surface area contributed by atoms with E-state index in [-0.39, 0.29) is 24.2 Å². The van der Waals surface area contributed by atoms with Crippen LogP contribution in [0.5, 0.6) is 0 Å². The Kier molecular flexibility index (Phi) is 5.62. The number of carbonyl (C=O) groups excluding carboxylic acids is 2. The Morgan fingerprint density at radius 1 is 1.38 bits per heavy atom. The largest absolute Gasteiger partial charge is 0.356 e. The number of rotatable bonds is 6. The maximum atomic E-state index is 13.2. The highest BCUT2D eigenvalue weighted by Gasteiger charge is 2.39. The first-order valence-electron chi connectivity index (χ1n) is 8.42. The first kappa shape index (κ1) is 18.1. The predicted molar refractivity (Wildman–Crippen MR) is 91.5 cm³/mol. The molecule has 1 aromatic heterocycles. The molecule has 1 aliphatic rings. The van der Waals surface area contributed by atoms with E-state index in [0.717, 1.165) is 13.0 Å². The zero-order chi connectivity index (χ0) is 18.5. The molecular weight excluding hydrogens is 339 g/mol. The van der Waals surface area contributed by atoms with Crippen LogP contribution in [0, 0.1) is 5.82 Å². The number of imidazole rings is 1. The van der Waals surface area contributed by atoms with Crippen molar-refractivity contribution in [3.63, 3.8) is 0 Å². The van der Waals surface area contributed by atoms with Crippen LogP contribution < -0.4 is 5.32 Å². The molecule has 2 aromatic rings. The summed E-state index contributed by atoms with van der Waals surface area (Å²) in [7, 11) is 1.62. The lowest BCUT2D eigenvalue weighted by Gasteiger charge is -2.38. The van der Waals surface area contributed by atoms with Gasteiger partial charge in [0.05, 0.1) is 12.4 Å². The highest BCUT2D eigenvalue weighted by Crippen LogP contribution is 2.29. The lowest BCUT2D eigenvalue weighted by Crippen LogP contribution is -2.53. The van der Waals surface area contributed by atoms with Crippen LogP contribution in [0.4, 0.5) is 4.39 Å². The van der Waals surface area contributed by atoms with Gasteiger partial charge >= 0.3 is 0 Å². The molecule has 1 N–H and O–H groups in total. The van der Waals surface area contributed by atoms with Crippen LogP contribution in [0.3, 0.4) is 0 Å². The normalized spacial score (nSPS) is 20.2. The van der Waals surface area contributed by atoms with E-state index in [0.29, 0.717) is 12.1 Å². The first-order valence-corrected chi connectivity index (χ1v) is 8.42. The van der Waals surface area contributed by atoms with E-state index < -0.39 is 12.1 Å². The average molecular weight is 360 g/mol. The van der Waals surface area contributed by atoms with Gasteiger partial charge in [-0.2, -0.15) is 0 Å². The molecule has 1 aliphatic heterocycles. The number of nitrogens with zero attached hydrogens (tertiary/aromatic N) is 3. The molecule has 0 aliphatic carbocycles. The summed E-state index contributed by atoms with van der Waals surface area (Å²) in [5.41, 5.74) is 0.653. The predicted octanol–water partition coefficient (Wildman–Crippen LogP) is 1.13. The molecule has 0 unspecified atom stereocenters. The standard InChI is InChI=1S/C18H21FN4O3/c1-22-15(24)11-26-17(16(22)13-3-5-14(19)6-4-13)18(25)21-7-2-9-23-10-8-20-12-23/h3-6,8,10,12,16-17H,2,7,9,11H2,1H3,(H,21,25)/t16-,17+/m0/s1. The summed E-state index contributed by atoms with van der Waals surface area (Å²) in [5.74, 6) is -0.882. The molecule has 0 radical (unpaired) electrons. The smallest absolute Gasteiger partial charge is 0.251 e. The van der Waals surface area contributed by atoms with Crippen LogP contribution in [0.25, 0.3) is 0 Å². The molecule has 1 saturated heterocycles. The molecule has 2 atom stereocenters. The van der Waals surface area contributed by atoms with Crippen molar-refractivity contribution in [2.75, 3.05) is 20.2 Å². The number of carbonyl (C=O) groups is 2. The Labute approximate surface area is 150 Å². The summed E-state index contributed by atoms with van der Waals surface area (Å²) in [5, 5.41) is 2.85. The van der Waals surface area contributed by atoms with Gasteiger partial charge in [-0.25, -0.2) is 9.37 Å². The number of hydrogen-bond donors (Lipinski definition) is 1. The third-order valence-corrected chi connectivity index (χ3v) is 4.41. The van der Waals surface area contributed by atoms with Crippen molar-refractivity contribution in [3.8, 4) is 0 Å². The van der Waals surface area contributed by atoms with Gasteiger partial charge in [0.25, 0.3) is 5.91 Å². The van der Waals surface area contributed by atoms with Gasteiger partial charge in [-0.15, -0.1) is 0 Å². The van der Waals surface area contributed by atoms with Gasteiger partial charge in [0.2, 0.25) is 5.91 Å². The van der Waals surface area contributed by atoms with Gasteiger partial charge < -0.3 is 19.5 Å². The van der Waals surface area contributed by atoms with Gasteiger partial charge in [0.15, 0.2) is 6.10 Å². The number of likely N-dealkylation sites (N-methyl/N-ethyl adjacent to an activating group) is 1. The van der Waals surface area contributed by atoms with Crippen molar-refractivity contribution in [3.05, 3.63) is 54.4 Å². The van der Waals surface area contributed by atoms with E-state index in [1.807, 2.05) is 10.8 Å². The maximum Gasteiger partial charge on any atom is 0.251 e. The third kappa shape index (κ3) is 4.08. The molecule has 0 spiro atoms. The minimum absolute atomic E-state index is 0.151. The number of morpholine rings is 1. The molecule has 0 saturated carbocycles. The van der Waals surface area contributed by atoms with E-state index in [1.165, 1.54) is 17.0 Å². The van der Waals surface area contributed by atoms with E-state index in [2.05, 4.69) is 10.3 Å². The quantitative estimate of drug-likeness (QED) is 0.784. The van der Waals surface area contributed by atoms with Gasteiger partial charge in [0.1, 0.15) is 12.4 Å². The van der Waals surface area contributed by atoms with E-state index in [4.69, 9.17) is 4.74 Å². The van der Waals surface area contributed by atoms with Gasteiger partial charge in [0, 0.05) is 32.5 Å². The first-order chi connectivity index (χ1) is 12.6. The third-order valence-electron chi connectivity index (χ3n) is 4.41. The number of amides is 2. The van der Waals surface area contributed by atoms with Crippen LogP contribution >= 0.6 is 0 Å². The Bertz CT molecular complexity index is 748. The number of aromatic nitrogens is 2. The fraction of sp³-hybridized carbons (Fsp3) is 0.389. The highest BCUT2D eigenvalue weighted by atomic mass is 19.1. The monoisotopic (exact) mass is 360 g/mol. The molecule has 3 rings (SSSR count). The van der Waals surface area contributed by atoms with Crippen molar-refractivity contribution in [1.29, 1.82) is 0 Å². The summed E-state index contributed by atoms with van der Waals surface area (Å²) in [4.78, 5) is 30.0. The van der Waals surface area contributed by atoms with Gasteiger partial charge in [-0.3, -0.25) is 9.59 Å². The summed E-state index contributed by atoms with van der Waals surface area (Å²) in [6.45, 7) is 1.07. The second-order valence-corrected chi connectivity index (χ2v) is 6.18. The van der Waals surface area contributed by atoms with Crippen LogP contribution in [-0.4, -0.2) is 52.6 Å². The molecule has 2 amide bonds. The molecular formula is C18H21FN4O3. The fourth-order valence-corrected chi connectivity index (χ4v) is 2.98. The molecule has 1 fully saturated rings. The molecule has 8 heteroatoms. The van der Waals surface area contributed by atoms with Crippen LogP contribution in [-0.2, 0) is 20.9 Å². The van der Waals surface area contributed by atoms with E-state index in [9.17, 15) is 14.0 Å². The van der Waals surface area contributed by atoms with Crippen LogP contribution in [0.1, 0.15) is 18.0 Å². The number of hydrogen-bond acceptors (Lipinski definition) is 4. The van der Waals surface area contributed by atoms with E-state index >= 15 is 0 Å². The SMILES string of the molecule is CN1C(=O)CO[C@@H](C(=O)NCCCn2ccnc2)[C@@H]1c1ccc(F)cc1. The number of ether oxygens (including phenoxy) is 1. The maximum absolute atomic E-state index is 13.2. The lowest BCUT2D eigenvalue weighted by molar-refractivity contribution is -0.162. The van der Waals surface area contributed by atoms with Gasteiger partial charge in [-0.05, 0) is 24.1 Å². The summed E-state index contributed by atoms with van der Waals surface area (Å²) in [6, 6.07) is 5.16. The average Bonchev–Trinajstić information content (AvgIpc) is 3.15. The molecule has 1 aromatic carbocycles. The van der Waals surface area contributed by atoms with Crippen molar-refractivity contribution < 1.29 is 18.7 Å². The summed E-state index contributed by atoms with van der Waals surface area (Å²) < 4.78 is 20.6. The lowest BCUT2D eigenvalue weighted by atomic mass is 9.97. The van der Waals surface area contributed by atoms with Crippen LogP contribution in [0.2, 0.25) is 0 Å². The molecule has 7 nitrogen and oxygen atoms in total. The number of halogens is 1. The Balaban J connectivity index is 1.63. The zero-order valence-corrected chi connectivity index (χ0v) is 14.5. The Morgan fingerprint density at radius 3 is 2.85 bits per heavy atom. The molecule has 26 heavy (non-hydrogen) atoms. The zero-order valence-electron chi connectivity index (χ0n) is 14.5. The minimum atomic E-state index is -0.837. The Hall–Kier alpha value is -2.74. The van der Waals surface area contributed by atoms with Crippen molar-refractivity contribution >= 4 is 11.8 Å².